The van der Waals surface area contributed by atoms with E-state index in [9.17, 15) is 5.11 Å². The fourth-order valence-electron chi connectivity index (χ4n) is 2.07. The molecule has 18 heavy (non-hydrogen) atoms. The second kappa shape index (κ2) is 6.07. The molecule has 1 N–H and O–H groups in total. The Kier molecular flexibility index (Phi) is 4.44. The third-order valence-electron chi connectivity index (χ3n) is 3.01. The van der Waals surface area contributed by atoms with Gasteiger partial charge in [0.1, 0.15) is 12.2 Å². The van der Waals surface area contributed by atoms with Crippen molar-refractivity contribution in [3.63, 3.8) is 0 Å². The first-order valence-electron chi connectivity index (χ1n) is 6.44. The Morgan fingerprint density at radius 1 is 1.17 bits per heavy atom. The Hall–Kier alpha value is -1.26. The summed E-state index contributed by atoms with van der Waals surface area (Å²) in [6.45, 7) is 5.03. The molecule has 3 atom stereocenters. The van der Waals surface area contributed by atoms with Gasteiger partial charge in [0.25, 0.3) is 0 Å². The van der Waals surface area contributed by atoms with E-state index in [0.29, 0.717) is 25.4 Å². The molecule has 0 heterocycles. The number of benzene rings is 1. The molecule has 1 aliphatic rings. The van der Waals surface area contributed by atoms with Crippen molar-refractivity contribution in [1.82, 2.24) is 0 Å². The summed E-state index contributed by atoms with van der Waals surface area (Å²) in [6.07, 6.45) is -0.147. The highest BCUT2D eigenvalue weighted by molar-refractivity contribution is 5.39. The first-order chi connectivity index (χ1) is 8.76. The van der Waals surface area contributed by atoms with Gasteiger partial charge >= 0.3 is 0 Å². The molecule has 1 aromatic rings. The summed E-state index contributed by atoms with van der Waals surface area (Å²) in [6, 6.07) is 7.57. The summed E-state index contributed by atoms with van der Waals surface area (Å²) >= 11 is 0. The Balaban J connectivity index is 2.01. The minimum Gasteiger partial charge on any atom is -0.490 e. The molecule has 0 amide bonds. The third-order valence-corrected chi connectivity index (χ3v) is 3.01. The topological polar surface area (TPSA) is 47.9 Å². The molecule has 2 rings (SSSR count). The van der Waals surface area contributed by atoms with Gasteiger partial charge in [-0.05, 0) is 26.0 Å². The molecular formula is C14H20O4. The van der Waals surface area contributed by atoms with Crippen molar-refractivity contribution in [3.05, 3.63) is 24.3 Å². The van der Waals surface area contributed by atoms with Crippen LogP contribution in [-0.4, -0.2) is 36.6 Å². The summed E-state index contributed by atoms with van der Waals surface area (Å²) in [7, 11) is 0. The number of ether oxygens (including phenoxy) is 3. The summed E-state index contributed by atoms with van der Waals surface area (Å²) in [4.78, 5) is 0. The summed E-state index contributed by atoms with van der Waals surface area (Å²) < 4.78 is 16.8. The Labute approximate surface area is 107 Å². The van der Waals surface area contributed by atoms with E-state index in [-0.39, 0.29) is 12.2 Å². The molecular weight excluding hydrogens is 232 g/mol. The SMILES string of the molecule is CCOc1ccccc1OC1CC(O)C1OCC. The molecule has 1 aliphatic carbocycles. The van der Waals surface area contributed by atoms with Gasteiger partial charge in [0.15, 0.2) is 11.5 Å². The van der Waals surface area contributed by atoms with E-state index in [4.69, 9.17) is 14.2 Å². The molecule has 1 saturated carbocycles. The zero-order valence-electron chi connectivity index (χ0n) is 10.8. The van der Waals surface area contributed by atoms with Gasteiger partial charge < -0.3 is 19.3 Å². The first-order valence-corrected chi connectivity index (χ1v) is 6.44. The van der Waals surface area contributed by atoms with Gasteiger partial charge in [-0.15, -0.1) is 0 Å². The molecule has 0 spiro atoms. The van der Waals surface area contributed by atoms with Gasteiger partial charge in [0.2, 0.25) is 0 Å². The van der Waals surface area contributed by atoms with Crippen LogP contribution in [0.15, 0.2) is 24.3 Å². The predicted octanol–water partition coefficient (Wildman–Crippen LogP) is 2.00. The van der Waals surface area contributed by atoms with E-state index >= 15 is 0 Å². The van der Waals surface area contributed by atoms with Crippen molar-refractivity contribution in [2.45, 2.75) is 38.6 Å². The van der Waals surface area contributed by atoms with E-state index in [1.807, 2.05) is 38.1 Å². The van der Waals surface area contributed by atoms with Crippen LogP contribution in [0.1, 0.15) is 20.3 Å². The minimum absolute atomic E-state index is 0.0958. The number of aliphatic hydroxyl groups is 1. The lowest BCUT2D eigenvalue weighted by Gasteiger charge is -2.40. The van der Waals surface area contributed by atoms with Crippen LogP contribution in [0.2, 0.25) is 0 Å². The molecule has 0 aliphatic heterocycles. The summed E-state index contributed by atoms with van der Waals surface area (Å²) in [5.41, 5.74) is 0. The highest BCUT2D eigenvalue weighted by Gasteiger charge is 2.43. The number of hydrogen-bond donors (Lipinski definition) is 1. The van der Waals surface area contributed by atoms with Crippen LogP contribution < -0.4 is 9.47 Å². The van der Waals surface area contributed by atoms with E-state index in [1.54, 1.807) is 0 Å². The predicted molar refractivity (Wildman–Crippen MR) is 68.1 cm³/mol. The summed E-state index contributed by atoms with van der Waals surface area (Å²) in [5.74, 6) is 1.44. The van der Waals surface area contributed by atoms with Gasteiger partial charge in [-0.1, -0.05) is 12.1 Å². The van der Waals surface area contributed by atoms with Gasteiger partial charge in [-0.25, -0.2) is 0 Å². The highest BCUT2D eigenvalue weighted by atomic mass is 16.6. The smallest absolute Gasteiger partial charge is 0.161 e. The van der Waals surface area contributed by atoms with Crippen LogP contribution in [0.4, 0.5) is 0 Å². The van der Waals surface area contributed by atoms with Crippen molar-refractivity contribution in [3.8, 4) is 11.5 Å². The average Bonchev–Trinajstić information content (AvgIpc) is 2.38. The van der Waals surface area contributed by atoms with Crippen LogP contribution in [-0.2, 0) is 4.74 Å². The van der Waals surface area contributed by atoms with Gasteiger partial charge in [-0.3, -0.25) is 0 Å². The number of rotatable bonds is 6. The second-order valence-electron chi connectivity index (χ2n) is 4.26. The van der Waals surface area contributed by atoms with Crippen LogP contribution in [0, 0.1) is 0 Å². The van der Waals surface area contributed by atoms with Gasteiger partial charge in [0.05, 0.1) is 12.7 Å². The van der Waals surface area contributed by atoms with E-state index in [2.05, 4.69) is 0 Å². The van der Waals surface area contributed by atoms with Crippen LogP contribution in [0.25, 0.3) is 0 Å². The van der Waals surface area contributed by atoms with Crippen molar-refractivity contribution < 1.29 is 19.3 Å². The maximum absolute atomic E-state index is 9.62. The minimum atomic E-state index is -0.422. The molecule has 0 saturated heterocycles. The van der Waals surface area contributed by atoms with Gasteiger partial charge in [0, 0.05) is 13.0 Å². The Morgan fingerprint density at radius 3 is 2.50 bits per heavy atom. The fourth-order valence-corrected chi connectivity index (χ4v) is 2.07. The molecule has 1 aromatic carbocycles. The number of hydrogen-bond acceptors (Lipinski definition) is 4. The fraction of sp³-hybridized carbons (Fsp3) is 0.571. The normalized spacial score (nSPS) is 26.5. The number of para-hydroxylation sites is 2. The Bertz CT molecular complexity index is 380. The number of aliphatic hydroxyl groups excluding tert-OH is 1. The third kappa shape index (κ3) is 2.76. The van der Waals surface area contributed by atoms with Crippen LogP contribution >= 0.6 is 0 Å². The van der Waals surface area contributed by atoms with Crippen molar-refractivity contribution in [2.24, 2.45) is 0 Å². The lowest BCUT2D eigenvalue weighted by molar-refractivity contribution is -0.160. The molecule has 1 fully saturated rings. The second-order valence-corrected chi connectivity index (χ2v) is 4.26. The average molecular weight is 252 g/mol. The van der Waals surface area contributed by atoms with E-state index in [1.165, 1.54) is 0 Å². The molecule has 4 nitrogen and oxygen atoms in total. The standard InChI is InChI=1S/C14H20O4/c1-3-16-11-7-5-6-8-12(11)18-13-9-10(15)14(13)17-4-2/h5-8,10,13-15H,3-4,9H2,1-2H3. The molecule has 3 unspecified atom stereocenters. The maximum Gasteiger partial charge on any atom is 0.161 e. The van der Waals surface area contributed by atoms with Gasteiger partial charge in [-0.2, -0.15) is 0 Å². The molecule has 100 valence electrons. The molecule has 4 heteroatoms. The highest BCUT2D eigenvalue weighted by Crippen LogP contribution is 2.33. The maximum atomic E-state index is 9.62. The van der Waals surface area contributed by atoms with Crippen molar-refractivity contribution in [1.29, 1.82) is 0 Å². The van der Waals surface area contributed by atoms with Crippen LogP contribution in [0.3, 0.4) is 0 Å². The zero-order chi connectivity index (χ0) is 13.0. The lowest BCUT2D eigenvalue weighted by atomic mass is 9.88. The molecule has 0 bridgehead atoms. The van der Waals surface area contributed by atoms with E-state index in [0.717, 1.165) is 5.75 Å². The van der Waals surface area contributed by atoms with Crippen molar-refractivity contribution in [2.75, 3.05) is 13.2 Å². The molecule has 0 radical (unpaired) electrons. The quantitative estimate of drug-likeness (QED) is 0.841. The van der Waals surface area contributed by atoms with E-state index < -0.39 is 6.10 Å². The van der Waals surface area contributed by atoms with Crippen molar-refractivity contribution >= 4 is 0 Å². The van der Waals surface area contributed by atoms with Crippen LogP contribution in [0.5, 0.6) is 11.5 Å². The lowest BCUT2D eigenvalue weighted by Crippen LogP contribution is -2.55. The zero-order valence-corrected chi connectivity index (χ0v) is 10.8. The monoisotopic (exact) mass is 252 g/mol. The molecule has 0 aromatic heterocycles. The largest absolute Gasteiger partial charge is 0.490 e. The Morgan fingerprint density at radius 2 is 1.89 bits per heavy atom. The first kappa shape index (κ1) is 13.2. The summed E-state index contributed by atoms with van der Waals surface area (Å²) in [5, 5.41) is 9.62.